The number of carbonyl (C=O) groups excluding carboxylic acids is 2. The molecule has 0 aliphatic heterocycles. The molecule has 7 nitrogen and oxygen atoms in total. The molecule has 0 saturated heterocycles. The minimum Gasteiger partial charge on any atom is -0.496 e. The van der Waals surface area contributed by atoms with Gasteiger partial charge in [0.05, 0.1) is 14.2 Å². The van der Waals surface area contributed by atoms with Gasteiger partial charge in [0.15, 0.2) is 0 Å². The van der Waals surface area contributed by atoms with Crippen LogP contribution in [0.4, 0.5) is 4.39 Å². The largest absolute Gasteiger partial charge is 0.496 e. The van der Waals surface area contributed by atoms with Crippen LogP contribution in [0.3, 0.4) is 0 Å². The molecule has 1 aromatic heterocycles. The van der Waals surface area contributed by atoms with Gasteiger partial charge in [-0.2, -0.15) is 0 Å². The van der Waals surface area contributed by atoms with Gasteiger partial charge in [-0.1, -0.05) is 36.4 Å². The lowest BCUT2D eigenvalue weighted by molar-refractivity contribution is -0.132. The van der Waals surface area contributed by atoms with Crippen molar-refractivity contribution in [1.82, 2.24) is 14.8 Å². The molecule has 2 amide bonds. The molecule has 3 aromatic carbocycles. The van der Waals surface area contributed by atoms with Crippen molar-refractivity contribution in [2.45, 2.75) is 31.8 Å². The number of carbonyl (C=O) groups is 2. The highest BCUT2D eigenvalue weighted by atomic mass is 19.1. The summed E-state index contributed by atoms with van der Waals surface area (Å²) in [5, 5.41) is 1.12. The predicted molar refractivity (Wildman–Crippen MR) is 147 cm³/mol. The van der Waals surface area contributed by atoms with Crippen LogP contribution in [0.5, 0.6) is 11.5 Å². The van der Waals surface area contributed by atoms with Gasteiger partial charge in [0.1, 0.15) is 29.4 Å². The van der Waals surface area contributed by atoms with Crippen LogP contribution < -0.4 is 9.47 Å². The van der Waals surface area contributed by atoms with E-state index < -0.39 is 0 Å². The lowest BCUT2D eigenvalue weighted by Gasteiger charge is -2.28. The van der Waals surface area contributed by atoms with E-state index in [2.05, 4.69) is 11.1 Å². The highest BCUT2D eigenvalue weighted by Crippen LogP contribution is 2.34. The maximum Gasteiger partial charge on any atom is 0.262 e. The van der Waals surface area contributed by atoms with Gasteiger partial charge in [-0.25, -0.2) is 4.39 Å². The number of aromatic amines is 1. The molecular formula is C31H32FN3O4. The molecule has 1 saturated carbocycles. The molecule has 4 aromatic rings. The SMILES string of the molecule is COc1cccc(OC)c1C(=O)N(CC(=O)N(CCc1c[nH]c2ccccc12)Cc1ccc(F)cc1)C1CC1. The van der Waals surface area contributed by atoms with E-state index in [0.717, 1.165) is 34.9 Å². The molecule has 0 bridgehead atoms. The molecule has 0 atom stereocenters. The van der Waals surface area contributed by atoms with Crippen molar-refractivity contribution in [2.75, 3.05) is 27.3 Å². The molecule has 202 valence electrons. The molecule has 1 aliphatic carbocycles. The first kappa shape index (κ1) is 26.3. The molecule has 0 unspecified atom stereocenters. The third-order valence-electron chi connectivity index (χ3n) is 7.16. The zero-order chi connectivity index (χ0) is 27.4. The maximum absolute atomic E-state index is 13.8. The molecule has 5 rings (SSSR count). The van der Waals surface area contributed by atoms with Crippen LogP contribution in [0.1, 0.15) is 34.3 Å². The summed E-state index contributed by atoms with van der Waals surface area (Å²) in [6, 6.07) is 19.4. The molecule has 8 heteroatoms. The zero-order valence-electron chi connectivity index (χ0n) is 22.2. The number of methoxy groups -OCH3 is 2. The van der Waals surface area contributed by atoms with E-state index in [0.29, 0.717) is 36.6 Å². The van der Waals surface area contributed by atoms with Crippen molar-refractivity contribution in [1.29, 1.82) is 0 Å². The second kappa shape index (κ2) is 11.6. The number of halogens is 1. The lowest BCUT2D eigenvalue weighted by Crippen LogP contribution is -2.44. The van der Waals surface area contributed by atoms with Gasteiger partial charge in [-0.3, -0.25) is 9.59 Å². The number of amides is 2. The lowest BCUT2D eigenvalue weighted by atomic mass is 10.1. The first-order valence-corrected chi connectivity index (χ1v) is 13.1. The smallest absolute Gasteiger partial charge is 0.262 e. The van der Waals surface area contributed by atoms with Gasteiger partial charge in [-0.15, -0.1) is 0 Å². The van der Waals surface area contributed by atoms with Crippen LogP contribution in [0, 0.1) is 5.82 Å². The van der Waals surface area contributed by atoms with E-state index in [-0.39, 0.29) is 30.2 Å². The number of hydrogen-bond donors (Lipinski definition) is 1. The Morgan fingerprint density at radius 3 is 2.31 bits per heavy atom. The number of para-hydroxylation sites is 1. The Morgan fingerprint density at radius 1 is 0.949 bits per heavy atom. The van der Waals surface area contributed by atoms with Gasteiger partial charge in [-0.05, 0) is 60.7 Å². The average molecular weight is 530 g/mol. The predicted octanol–water partition coefficient (Wildman–Crippen LogP) is 5.20. The molecule has 0 radical (unpaired) electrons. The number of benzene rings is 3. The van der Waals surface area contributed by atoms with Gasteiger partial charge < -0.3 is 24.3 Å². The first-order chi connectivity index (χ1) is 19.0. The highest BCUT2D eigenvalue weighted by Gasteiger charge is 2.37. The first-order valence-electron chi connectivity index (χ1n) is 13.1. The van der Waals surface area contributed by atoms with Crippen molar-refractivity contribution in [3.05, 3.63) is 95.4 Å². The summed E-state index contributed by atoms with van der Waals surface area (Å²) in [6.07, 6.45) is 4.28. The van der Waals surface area contributed by atoms with Gasteiger partial charge >= 0.3 is 0 Å². The van der Waals surface area contributed by atoms with Crippen LogP contribution in [0.25, 0.3) is 10.9 Å². The summed E-state index contributed by atoms with van der Waals surface area (Å²) in [4.78, 5) is 34.3. The highest BCUT2D eigenvalue weighted by molar-refractivity contribution is 6.01. The molecule has 39 heavy (non-hydrogen) atoms. The number of fused-ring (bicyclic) bond motifs is 1. The van der Waals surface area contributed by atoms with Gasteiger partial charge in [0, 0.05) is 36.2 Å². The molecular weight excluding hydrogens is 497 g/mol. The second-order valence-corrected chi connectivity index (χ2v) is 9.75. The number of aromatic nitrogens is 1. The fraction of sp³-hybridized carbons (Fsp3) is 0.290. The van der Waals surface area contributed by atoms with Gasteiger partial charge in [0.2, 0.25) is 5.91 Å². The fourth-order valence-electron chi connectivity index (χ4n) is 4.90. The van der Waals surface area contributed by atoms with Crippen LogP contribution >= 0.6 is 0 Å². The number of hydrogen-bond acceptors (Lipinski definition) is 4. The van der Waals surface area contributed by atoms with E-state index in [1.807, 2.05) is 24.4 Å². The minimum absolute atomic E-state index is 0.0163. The zero-order valence-corrected chi connectivity index (χ0v) is 22.2. The third kappa shape index (κ3) is 5.90. The molecule has 1 heterocycles. The number of nitrogens with zero attached hydrogens (tertiary/aromatic N) is 2. The van der Waals surface area contributed by atoms with Crippen molar-refractivity contribution < 1.29 is 23.5 Å². The van der Waals surface area contributed by atoms with Crippen LogP contribution in [0.2, 0.25) is 0 Å². The summed E-state index contributed by atoms with van der Waals surface area (Å²) in [7, 11) is 3.01. The number of nitrogens with one attached hydrogen (secondary N) is 1. The maximum atomic E-state index is 13.8. The van der Waals surface area contributed by atoms with E-state index in [4.69, 9.17) is 9.47 Å². The summed E-state index contributed by atoms with van der Waals surface area (Å²) >= 11 is 0. The summed E-state index contributed by atoms with van der Waals surface area (Å²) in [5.74, 6) is 0.0124. The fourth-order valence-corrected chi connectivity index (χ4v) is 4.90. The van der Waals surface area contributed by atoms with Crippen molar-refractivity contribution in [3.63, 3.8) is 0 Å². The Balaban J connectivity index is 1.39. The van der Waals surface area contributed by atoms with Gasteiger partial charge in [0.25, 0.3) is 5.91 Å². The Bertz CT molecular complexity index is 1440. The number of H-pyrrole nitrogens is 1. The van der Waals surface area contributed by atoms with Crippen LogP contribution in [0.15, 0.2) is 72.9 Å². The third-order valence-corrected chi connectivity index (χ3v) is 7.16. The topological polar surface area (TPSA) is 74.9 Å². The second-order valence-electron chi connectivity index (χ2n) is 9.75. The Morgan fingerprint density at radius 2 is 1.64 bits per heavy atom. The van der Waals surface area contributed by atoms with E-state index >= 15 is 0 Å². The number of ether oxygens (including phenoxy) is 2. The van der Waals surface area contributed by atoms with E-state index in [1.54, 1.807) is 40.1 Å². The molecule has 1 aliphatic rings. The van der Waals surface area contributed by atoms with Crippen molar-refractivity contribution >= 4 is 22.7 Å². The Labute approximate surface area is 227 Å². The molecule has 1 N–H and O–H groups in total. The van der Waals surface area contributed by atoms with Crippen molar-refractivity contribution in [3.8, 4) is 11.5 Å². The quantitative estimate of drug-likeness (QED) is 0.290. The number of rotatable bonds is 11. The van der Waals surface area contributed by atoms with E-state index in [1.165, 1.54) is 26.4 Å². The molecule has 1 fully saturated rings. The minimum atomic E-state index is -0.327. The average Bonchev–Trinajstić information content (AvgIpc) is 3.73. The Kier molecular flexibility index (Phi) is 7.81. The standard InChI is InChI=1S/C31H32FN3O4/c1-38-27-8-5-9-28(39-2)30(27)31(37)35(24-14-15-24)20-29(36)34(19-21-10-12-23(32)13-11-21)17-16-22-18-33-26-7-4-3-6-25(22)26/h3-13,18,24,33H,14-17,19-20H2,1-2H3. The summed E-state index contributed by atoms with van der Waals surface area (Å²) < 4.78 is 24.5. The van der Waals surface area contributed by atoms with Crippen LogP contribution in [-0.2, 0) is 17.8 Å². The van der Waals surface area contributed by atoms with Crippen LogP contribution in [-0.4, -0.2) is 59.9 Å². The van der Waals surface area contributed by atoms with Crippen molar-refractivity contribution in [2.24, 2.45) is 0 Å². The normalized spacial score (nSPS) is 12.8. The summed E-state index contributed by atoms with van der Waals surface area (Å²) in [6.45, 7) is 0.689. The Hall–Kier alpha value is -4.33. The van der Waals surface area contributed by atoms with E-state index in [9.17, 15) is 14.0 Å². The monoisotopic (exact) mass is 529 g/mol. The molecule has 0 spiro atoms. The summed E-state index contributed by atoms with van der Waals surface area (Å²) in [5.41, 5.74) is 3.28.